The number of carbonyl (C=O) groups is 2. The summed E-state index contributed by atoms with van der Waals surface area (Å²) in [6.45, 7) is 7.93. The predicted molar refractivity (Wildman–Crippen MR) is 120 cm³/mol. The van der Waals surface area contributed by atoms with Crippen LogP contribution in [0.25, 0.3) is 0 Å². The minimum Gasteiger partial charge on any atom is -0.494 e. The highest BCUT2D eigenvalue weighted by Gasteiger charge is 2.20. The smallest absolute Gasteiger partial charge is 0.255 e. The first-order chi connectivity index (χ1) is 14.6. The van der Waals surface area contributed by atoms with E-state index in [1.165, 1.54) is 0 Å². The second-order valence-electron chi connectivity index (χ2n) is 7.49. The summed E-state index contributed by atoms with van der Waals surface area (Å²) in [6.07, 6.45) is 2.47. The quantitative estimate of drug-likeness (QED) is 0.711. The molecule has 1 aliphatic rings. The van der Waals surface area contributed by atoms with E-state index in [1.54, 1.807) is 12.1 Å². The summed E-state index contributed by atoms with van der Waals surface area (Å²) in [7, 11) is 0. The van der Waals surface area contributed by atoms with Crippen LogP contribution in [-0.4, -0.2) is 49.5 Å². The molecule has 2 aromatic rings. The van der Waals surface area contributed by atoms with Gasteiger partial charge in [0.25, 0.3) is 5.91 Å². The van der Waals surface area contributed by atoms with E-state index in [-0.39, 0.29) is 11.8 Å². The number of amides is 2. The molecule has 30 heavy (non-hydrogen) atoms. The van der Waals surface area contributed by atoms with Gasteiger partial charge in [0.15, 0.2) is 0 Å². The van der Waals surface area contributed by atoms with Gasteiger partial charge in [0.2, 0.25) is 5.91 Å². The lowest BCUT2D eigenvalue weighted by Gasteiger charge is -2.36. The maximum absolute atomic E-state index is 12.5. The molecule has 3 rings (SSSR count). The molecule has 160 valence electrons. The number of hydrogen-bond donors (Lipinski definition) is 1. The van der Waals surface area contributed by atoms with Crippen molar-refractivity contribution in [2.45, 2.75) is 33.1 Å². The van der Waals surface area contributed by atoms with Gasteiger partial charge < -0.3 is 19.9 Å². The maximum Gasteiger partial charge on any atom is 0.255 e. The van der Waals surface area contributed by atoms with Crippen molar-refractivity contribution < 1.29 is 14.3 Å². The Bertz CT molecular complexity index is 826. The number of hydrogen-bond acceptors (Lipinski definition) is 4. The zero-order valence-electron chi connectivity index (χ0n) is 17.9. The van der Waals surface area contributed by atoms with Gasteiger partial charge >= 0.3 is 0 Å². The Labute approximate surface area is 178 Å². The number of nitrogens with one attached hydrogen (secondary N) is 1. The van der Waals surface area contributed by atoms with E-state index in [0.717, 1.165) is 56.1 Å². The molecule has 6 nitrogen and oxygen atoms in total. The third-order valence-corrected chi connectivity index (χ3v) is 5.18. The molecule has 1 N–H and O–H groups in total. The first-order valence-corrected chi connectivity index (χ1v) is 10.8. The summed E-state index contributed by atoms with van der Waals surface area (Å²) in [5.41, 5.74) is 2.45. The number of carbonyl (C=O) groups excluding carboxylic acids is 2. The zero-order chi connectivity index (χ0) is 21.3. The van der Waals surface area contributed by atoms with Crippen LogP contribution in [0.4, 0.5) is 11.4 Å². The van der Waals surface area contributed by atoms with Crippen molar-refractivity contribution in [3.63, 3.8) is 0 Å². The molecule has 6 heteroatoms. The molecule has 0 aliphatic carbocycles. The molecular formula is C24H31N3O3. The monoisotopic (exact) mass is 409 g/mol. The fourth-order valence-corrected chi connectivity index (χ4v) is 3.47. The van der Waals surface area contributed by atoms with Gasteiger partial charge in [0.05, 0.1) is 6.61 Å². The molecule has 1 heterocycles. The number of rotatable bonds is 8. The van der Waals surface area contributed by atoms with Crippen LogP contribution < -0.4 is 15.0 Å². The molecule has 2 amide bonds. The van der Waals surface area contributed by atoms with E-state index in [2.05, 4.69) is 17.1 Å². The summed E-state index contributed by atoms with van der Waals surface area (Å²) >= 11 is 0. The predicted octanol–water partition coefficient (Wildman–Crippen LogP) is 4.18. The molecular weight excluding hydrogens is 378 g/mol. The lowest BCUT2D eigenvalue weighted by atomic mass is 10.2. The van der Waals surface area contributed by atoms with E-state index in [0.29, 0.717) is 18.6 Å². The Morgan fingerprint density at radius 3 is 2.17 bits per heavy atom. The van der Waals surface area contributed by atoms with Crippen LogP contribution in [0.15, 0.2) is 48.5 Å². The van der Waals surface area contributed by atoms with E-state index in [4.69, 9.17) is 4.74 Å². The Morgan fingerprint density at radius 1 is 0.900 bits per heavy atom. The van der Waals surface area contributed by atoms with Crippen molar-refractivity contribution in [1.82, 2.24) is 4.90 Å². The molecule has 0 saturated carbocycles. The first-order valence-electron chi connectivity index (χ1n) is 10.8. The molecule has 2 aromatic carbocycles. The summed E-state index contributed by atoms with van der Waals surface area (Å²) in [4.78, 5) is 28.7. The number of anilines is 2. The van der Waals surface area contributed by atoms with Crippen molar-refractivity contribution in [3.05, 3.63) is 54.1 Å². The van der Waals surface area contributed by atoms with Crippen LogP contribution in [0.3, 0.4) is 0 Å². The van der Waals surface area contributed by atoms with Crippen LogP contribution in [0, 0.1) is 0 Å². The number of ether oxygens (including phenoxy) is 1. The molecule has 0 radical (unpaired) electrons. The summed E-state index contributed by atoms with van der Waals surface area (Å²) in [5, 5.41) is 2.94. The van der Waals surface area contributed by atoms with Crippen molar-refractivity contribution in [2.75, 3.05) is 43.0 Å². The van der Waals surface area contributed by atoms with Gasteiger partial charge in [-0.05, 0) is 61.4 Å². The van der Waals surface area contributed by atoms with Gasteiger partial charge in [-0.1, -0.05) is 13.8 Å². The molecule has 1 saturated heterocycles. The Balaban J connectivity index is 1.52. The highest BCUT2D eigenvalue weighted by atomic mass is 16.5. The van der Waals surface area contributed by atoms with Crippen molar-refractivity contribution >= 4 is 23.2 Å². The highest BCUT2D eigenvalue weighted by Crippen LogP contribution is 2.21. The Hall–Kier alpha value is -3.02. The minimum absolute atomic E-state index is 0.146. The molecule has 0 unspecified atom stereocenters. The van der Waals surface area contributed by atoms with Gasteiger partial charge in [0.1, 0.15) is 5.75 Å². The van der Waals surface area contributed by atoms with Gasteiger partial charge in [-0.25, -0.2) is 0 Å². The third-order valence-electron chi connectivity index (χ3n) is 5.18. The largest absolute Gasteiger partial charge is 0.494 e. The Kier molecular flexibility index (Phi) is 7.71. The topological polar surface area (TPSA) is 61.9 Å². The first kappa shape index (κ1) is 21.7. The number of nitrogens with zero attached hydrogens (tertiary/aromatic N) is 2. The van der Waals surface area contributed by atoms with Crippen LogP contribution in [0.1, 0.15) is 43.5 Å². The highest BCUT2D eigenvalue weighted by molar-refractivity contribution is 6.04. The third kappa shape index (κ3) is 5.75. The van der Waals surface area contributed by atoms with Gasteiger partial charge in [0, 0.05) is 49.5 Å². The second-order valence-corrected chi connectivity index (χ2v) is 7.49. The Morgan fingerprint density at radius 2 is 1.57 bits per heavy atom. The van der Waals surface area contributed by atoms with E-state index in [9.17, 15) is 9.59 Å². The molecule has 0 spiro atoms. The minimum atomic E-state index is -0.146. The van der Waals surface area contributed by atoms with Gasteiger partial charge in [-0.2, -0.15) is 0 Å². The maximum atomic E-state index is 12.5. The molecule has 0 aromatic heterocycles. The summed E-state index contributed by atoms with van der Waals surface area (Å²) in [6, 6.07) is 15.0. The normalized spacial score (nSPS) is 13.8. The lowest BCUT2D eigenvalue weighted by molar-refractivity contribution is -0.131. The number of piperazine rings is 1. The van der Waals surface area contributed by atoms with E-state index < -0.39 is 0 Å². The molecule has 1 aliphatic heterocycles. The SMILES string of the molecule is CCCOc1ccc(C(=O)Nc2ccc(N3CCN(C(=O)CCC)CC3)cc2)cc1. The average Bonchev–Trinajstić information content (AvgIpc) is 2.79. The van der Waals surface area contributed by atoms with Crippen LogP contribution in [0.5, 0.6) is 5.75 Å². The van der Waals surface area contributed by atoms with E-state index in [1.807, 2.05) is 48.2 Å². The van der Waals surface area contributed by atoms with Crippen LogP contribution in [0.2, 0.25) is 0 Å². The molecule has 0 atom stereocenters. The fraction of sp³-hybridized carbons (Fsp3) is 0.417. The van der Waals surface area contributed by atoms with Crippen LogP contribution >= 0.6 is 0 Å². The van der Waals surface area contributed by atoms with E-state index >= 15 is 0 Å². The molecule has 1 fully saturated rings. The van der Waals surface area contributed by atoms with Gasteiger partial charge in [-0.15, -0.1) is 0 Å². The average molecular weight is 410 g/mol. The number of benzene rings is 2. The molecule has 0 bridgehead atoms. The standard InChI is InChI=1S/C24H31N3O3/c1-3-5-23(28)27-16-14-26(15-17-27)21-10-8-20(9-11-21)25-24(29)19-6-12-22(13-7-19)30-18-4-2/h6-13H,3-5,14-18H2,1-2H3,(H,25,29). The van der Waals surface area contributed by atoms with Crippen molar-refractivity contribution in [2.24, 2.45) is 0 Å². The summed E-state index contributed by atoms with van der Waals surface area (Å²) in [5.74, 6) is 0.877. The van der Waals surface area contributed by atoms with Gasteiger partial charge in [-0.3, -0.25) is 9.59 Å². The summed E-state index contributed by atoms with van der Waals surface area (Å²) < 4.78 is 5.55. The lowest BCUT2D eigenvalue weighted by Crippen LogP contribution is -2.48. The zero-order valence-corrected chi connectivity index (χ0v) is 17.9. The van der Waals surface area contributed by atoms with Crippen molar-refractivity contribution in [3.8, 4) is 5.75 Å². The van der Waals surface area contributed by atoms with Crippen molar-refractivity contribution in [1.29, 1.82) is 0 Å². The second kappa shape index (κ2) is 10.7. The van der Waals surface area contributed by atoms with Crippen LogP contribution in [-0.2, 0) is 4.79 Å². The fourth-order valence-electron chi connectivity index (χ4n) is 3.47.